The first-order valence-corrected chi connectivity index (χ1v) is 14.9. The molecular formula is C20H20N8O2S8. The molecule has 0 bridgehead atoms. The SMILES string of the molecule is S=C(Nc1ccc[nH]1)SOSC(=S)Nc1ccc[nH]1.S=C(Nc1ccc[nH]1)SOSC(=S)Nc1ccc[nH]1. The molecule has 0 aliphatic heterocycles. The minimum Gasteiger partial charge on any atom is -0.348 e. The van der Waals surface area contributed by atoms with E-state index in [1.165, 1.54) is 0 Å². The number of nitrogens with one attached hydrogen (secondary N) is 8. The van der Waals surface area contributed by atoms with Crippen LogP contribution in [-0.4, -0.2) is 37.2 Å². The molecule has 4 aromatic rings. The summed E-state index contributed by atoms with van der Waals surface area (Å²) in [7, 11) is 0. The number of aromatic amines is 4. The lowest BCUT2D eigenvalue weighted by atomic mass is 10.6. The van der Waals surface area contributed by atoms with Crippen molar-refractivity contribution in [2.45, 2.75) is 0 Å². The summed E-state index contributed by atoms with van der Waals surface area (Å²) in [4.78, 5) is 11.9. The summed E-state index contributed by atoms with van der Waals surface area (Å²) in [5, 5.41) is 11.9. The van der Waals surface area contributed by atoms with Crippen molar-refractivity contribution in [1.29, 1.82) is 0 Å². The van der Waals surface area contributed by atoms with E-state index < -0.39 is 0 Å². The predicted octanol–water partition coefficient (Wildman–Crippen LogP) is 7.50. The number of hydrogen-bond acceptors (Lipinski definition) is 10. The molecule has 0 aromatic carbocycles. The van der Waals surface area contributed by atoms with E-state index in [2.05, 4.69) is 41.2 Å². The minimum atomic E-state index is 0.498. The molecule has 4 rings (SSSR count). The summed E-state index contributed by atoms with van der Waals surface area (Å²) < 4.78 is 12.5. The van der Waals surface area contributed by atoms with E-state index in [9.17, 15) is 0 Å². The monoisotopic (exact) mass is 660 g/mol. The van der Waals surface area contributed by atoms with Gasteiger partial charge >= 0.3 is 0 Å². The zero-order valence-electron chi connectivity index (χ0n) is 19.0. The summed E-state index contributed by atoms with van der Waals surface area (Å²) in [5.41, 5.74) is 0. The molecule has 0 atom stereocenters. The number of aromatic nitrogens is 4. The Morgan fingerprint density at radius 2 is 0.711 bits per heavy atom. The maximum absolute atomic E-state index is 5.25. The quantitative estimate of drug-likeness (QED) is 0.0701. The van der Waals surface area contributed by atoms with Gasteiger partial charge in [0.1, 0.15) is 23.3 Å². The van der Waals surface area contributed by atoms with Crippen LogP contribution in [0.15, 0.2) is 73.3 Å². The topological polar surface area (TPSA) is 130 Å². The minimum absolute atomic E-state index is 0.498. The Morgan fingerprint density at radius 1 is 0.474 bits per heavy atom. The molecule has 200 valence electrons. The maximum atomic E-state index is 5.25. The predicted molar refractivity (Wildman–Crippen MR) is 181 cm³/mol. The fraction of sp³-hybridized carbons (Fsp3) is 0. The van der Waals surface area contributed by atoms with Gasteiger partial charge in [-0.3, -0.25) is 0 Å². The normalized spacial score (nSPS) is 10.1. The highest BCUT2D eigenvalue weighted by atomic mass is 32.3. The number of rotatable bonds is 8. The second kappa shape index (κ2) is 17.6. The van der Waals surface area contributed by atoms with Gasteiger partial charge in [-0.2, -0.15) is 0 Å². The van der Waals surface area contributed by atoms with Crippen molar-refractivity contribution < 1.29 is 7.26 Å². The van der Waals surface area contributed by atoms with Gasteiger partial charge < -0.3 is 41.2 Å². The van der Waals surface area contributed by atoms with Gasteiger partial charge in [0.05, 0.1) is 48.2 Å². The molecular weight excluding hydrogens is 641 g/mol. The Bertz CT molecular complexity index is 1050. The second-order valence-corrected chi connectivity index (χ2v) is 12.5. The molecule has 0 saturated carbocycles. The third-order valence-corrected chi connectivity index (χ3v) is 7.10. The summed E-state index contributed by atoms with van der Waals surface area (Å²) in [6, 6.07) is 15.0. The van der Waals surface area contributed by atoms with Crippen LogP contribution in [0.25, 0.3) is 0 Å². The van der Waals surface area contributed by atoms with E-state index >= 15 is 0 Å². The highest BCUT2D eigenvalue weighted by Crippen LogP contribution is 2.21. The van der Waals surface area contributed by atoms with Gasteiger partial charge in [-0.1, -0.05) is 48.9 Å². The molecule has 0 aliphatic carbocycles. The number of anilines is 4. The third kappa shape index (κ3) is 12.7. The van der Waals surface area contributed by atoms with Gasteiger partial charge in [-0.15, -0.1) is 0 Å². The van der Waals surface area contributed by atoms with E-state index in [0.29, 0.717) is 17.3 Å². The molecule has 0 aliphatic rings. The molecule has 0 radical (unpaired) electrons. The van der Waals surface area contributed by atoms with E-state index in [1.807, 2.05) is 48.5 Å². The first-order valence-electron chi connectivity index (χ1n) is 10.3. The highest BCUT2D eigenvalue weighted by molar-refractivity contribution is 8.30. The van der Waals surface area contributed by atoms with Crippen LogP contribution >= 0.6 is 97.0 Å². The summed E-state index contributed by atoms with van der Waals surface area (Å²) >= 11 is 24.5. The van der Waals surface area contributed by atoms with Crippen LogP contribution in [0.5, 0.6) is 0 Å². The van der Waals surface area contributed by atoms with Gasteiger partial charge in [-0.05, 0) is 48.5 Å². The van der Waals surface area contributed by atoms with Crippen LogP contribution in [0.3, 0.4) is 0 Å². The van der Waals surface area contributed by atoms with Crippen molar-refractivity contribution in [3.05, 3.63) is 73.3 Å². The molecule has 8 N–H and O–H groups in total. The Hall–Kier alpha value is -2.00. The maximum Gasteiger partial charge on any atom is 0.168 e. The highest BCUT2D eigenvalue weighted by Gasteiger charge is 2.06. The third-order valence-electron chi connectivity index (χ3n) is 3.78. The first kappa shape index (κ1) is 30.5. The molecule has 18 heteroatoms. The van der Waals surface area contributed by atoms with Crippen molar-refractivity contribution in [3.63, 3.8) is 0 Å². The fourth-order valence-electron chi connectivity index (χ4n) is 2.31. The Kier molecular flexibility index (Phi) is 14.1. The van der Waals surface area contributed by atoms with Crippen LogP contribution in [0.4, 0.5) is 23.3 Å². The van der Waals surface area contributed by atoms with Crippen molar-refractivity contribution in [2.75, 3.05) is 21.3 Å². The lowest BCUT2D eigenvalue weighted by Crippen LogP contribution is -2.07. The molecule has 0 amide bonds. The van der Waals surface area contributed by atoms with E-state index in [0.717, 1.165) is 71.4 Å². The lowest BCUT2D eigenvalue weighted by Gasteiger charge is -2.06. The van der Waals surface area contributed by atoms with Crippen LogP contribution in [0, 0.1) is 0 Å². The number of thiocarbonyl (C=S) groups is 4. The first-order chi connectivity index (χ1) is 18.5. The summed E-state index contributed by atoms with van der Waals surface area (Å²) in [5.74, 6) is 3.27. The molecule has 0 spiro atoms. The van der Waals surface area contributed by atoms with Crippen LogP contribution in [0.2, 0.25) is 0 Å². The number of H-pyrrole nitrogens is 4. The molecule has 0 unspecified atom stereocenters. The van der Waals surface area contributed by atoms with Gasteiger partial charge in [0.25, 0.3) is 0 Å². The average Bonchev–Trinajstić information content (AvgIpc) is 3.69. The van der Waals surface area contributed by atoms with Crippen molar-refractivity contribution in [3.8, 4) is 0 Å². The standard InChI is InChI=1S/2C10H10N4OS4/c2*16-9(13-7-3-1-5-11-7)18-15-19-10(17)14-8-4-2-6-12-8/h2*1-6,11-12H,(H,13,16)(H,14,17). The van der Waals surface area contributed by atoms with E-state index in [4.69, 9.17) is 56.1 Å². The molecule has 4 heterocycles. The van der Waals surface area contributed by atoms with Crippen molar-refractivity contribution in [2.24, 2.45) is 0 Å². The lowest BCUT2D eigenvalue weighted by molar-refractivity contribution is 0.779. The van der Waals surface area contributed by atoms with E-state index in [-0.39, 0.29) is 0 Å². The smallest absolute Gasteiger partial charge is 0.168 e. The van der Waals surface area contributed by atoms with Crippen molar-refractivity contribution in [1.82, 2.24) is 19.9 Å². The average molecular weight is 661 g/mol. The van der Waals surface area contributed by atoms with Crippen LogP contribution in [0.1, 0.15) is 0 Å². The summed E-state index contributed by atoms with van der Waals surface area (Å²) in [6.07, 6.45) is 7.22. The van der Waals surface area contributed by atoms with Crippen LogP contribution in [-0.2, 0) is 7.26 Å². The second-order valence-electron chi connectivity index (χ2n) is 6.45. The fourth-order valence-corrected chi connectivity index (χ4v) is 5.62. The molecule has 38 heavy (non-hydrogen) atoms. The summed E-state index contributed by atoms with van der Waals surface area (Å²) in [6.45, 7) is 0. The Balaban J connectivity index is 0.000000211. The van der Waals surface area contributed by atoms with Crippen LogP contribution < -0.4 is 21.3 Å². The van der Waals surface area contributed by atoms with Crippen molar-refractivity contribution >= 4 is 138 Å². The van der Waals surface area contributed by atoms with Gasteiger partial charge in [-0.25, -0.2) is 7.26 Å². The molecule has 0 fully saturated rings. The van der Waals surface area contributed by atoms with E-state index in [1.54, 1.807) is 24.8 Å². The largest absolute Gasteiger partial charge is 0.348 e. The number of hydrogen-bond donors (Lipinski definition) is 8. The Labute approximate surface area is 257 Å². The molecule has 0 saturated heterocycles. The van der Waals surface area contributed by atoms with Gasteiger partial charge in [0, 0.05) is 24.8 Å². The zero-order valence-corrected chi connectivity index (χ0v) is 25.5. The zero-order chi connectivity index (χ0) is 27.0. The Morgan fingerprint density at radius 3 is 0.895 bits per heavy atom. The van der Waals surface area contributed by atoms with Gasteiger partial charge in [0.15, 0.2) is 17.3 Å². The van der Waals surface area contributed by atoms with Gasteiger partial charge in [0.2, 0.25) is 0 Å². The molecule has 10 nitrogen and oxygen atoms in total. The molecule has 4 aromatic heterocycles.